The second kappa shape index (κ2) is 21.9. The van der Waals surface area contributed by atoms with Crippen LogP contribution < -0.4 is 14.2 Å². The van der Waals surface area contributed by atoms with Crippen molar-refractivity contribution >= 4 is 86.9 Å². The van der Waals surface area contributed by atoms with Gasteiger partial charge in [-0.3, -0.25) is 9.59 Å². The molecule has 0 fully saturated rings. The minimum Gasteiger partial charge on any atom is -0.492 e. The normalized spacial score (nSPS) is 10.5. The molecular formula is C40H21Cl6F8N3O7. The van der Waals surface area contributed by atoms with Crippen molar-refractivity contribution in [1.29, 1.82) is 0 Å². The summed E-state index contributed by atoms with van der Waals surface area (Å²) in [5, 5.41) is -0.881. The molecular weight excluding hydrogens is 999 g/mol. The largest absolute Gasteiger partial charge is 0.492 e. The van der Waals surface area contributed by atoms with E-state index in [4.69, 9.17) is 83.8 Å². The first-order chi connectivity index (χ1) is 30.1. The van der Waals surface area contributed by atoms with E-state index in [0.29, 0.717) is 6.07 Å². The Kier molecular flexibility index (Phi) is 17.5. The monoisotopic (exact) mass is 1020 g/mol. The van der Waals surface area contributed by atoms with Crippen LogP contribution in [0.25, 0.3) is 33.8 Å². The molecule has 0 amide bonds. The fourth-order valence-corrected chi connectivity index (χ4v) is 6.31. The number of hydrogen-bond donors (Lipinski definition) is 0. The number of benzene rings is 3. The van der Waals surface area contributed by atoms with Crippen molar-refractivity contribution in [3.8, 4) is 51.0 Å². The summed E-state index contributed by atoms with van der Waals surface area (Å²) >= 11 is 34.5. The van der Waals surface area contributed by atoms with Gasteiger partial charge in [0.2, 0.25) is 0 Å². The molecule has 0 radical (unpaired) electrons. The fourth-order valence-electron chi connectivity index (χ4n) is 5.15. The third-order valence-corrected chi connectivity index (χ3v) is 9.93. The minimum atomic E-state index is -2.07. The Morgan fingerprint density at radius 1 is 0.484 bits per heavy atom. The van der Waals surface area contributed by atoms with E-state index < -0.39 is 97.6 Å². The van der Waals surface area contributed by atoms with Crippen LogP contribution in [-0.4, -0.2) is 60.6 Å². The molecule has 0 saturated carbocycles. The molecule has 0 atom stereocenters. The van der Waals surface area contributed by atoms with Gasteiger partial charge in [-0.15, -0.1) is 0 Å². The highest BCUT2D eigenvalue weighted by Gasteiger charge is 2.26. The summed E-state index contributed by atoms with van der Waals surface area (Å²) in [5.41, 5.74) is -4.12. The van der Waals surface area contributed by atoms with Gasteiger partial charge in [0.1, 0.15) is 22.8 Å². The van der Waals surface area contributed by atoms with E-state index in [1.54, 1.807) is 0 Å². The van der Waals surface area contributed by atoms with Crippen molar-refractivity contribution in [3.63, 3.8) is 0 Å². The minimum absolute atomic E-state index is 0.0112. The number of methoxy groups -OCH3 is 4. The molecule has 0 aliphatic carbocycles. The molecule has 6 rings (SSSR count). The molecule has 24 heteroatoms. The predicted octanol–water partition coefficient (Wildman–Crippen LogP) is 12.8. The van der Waals surface area contributed by atoms with Crippen LogP contribution in [0.5, 0.6) is 17.2 Å². The van der Waals surface area contributed by atoms with E-state index >= 15 is 0 Å². The molecule has 3 aromatic heterocycles. The molecule has 0 spiro atoms. The summed E-state index contributed by atoms with van der Waals surface area (Å²) in [4.78, 5) is 44.1. The first-order valence-electron chi connectivity index (χ1n) is 16.8. The maximum absolute atomic E-state index is 14.4. The van der Waals surface area contributed by atoms with Crippen molar-refractivity contribution in [2.45, 2.75) is 0 Å². The van der Waals surface area contributed by atoms with Gasteiger partial charge < -0.3 is 18.9 Å². The summed E-state index contributed by atoms with van der Waals surface area (Å²) in [6.07, 6.45) is 0. The van der Waals surface area contributed by atoms with Gasteiger partial charge in [0.25, 0.3) is 5.24 Å². The number of esters is 1. The van der Waals surface area contributed by atoms with E-state index in [1.807, 2.05) is 0 Å². The van der Waals surface area contributed by atoms with E-state index in [0.717, 1.165) is 26.4 Å². The Morgan fingerprint density at radius 3 is 1.20 bits per heavy atom. The molecule has 10 nitrogen and oxygen atoms in total. The molecule has 0 aliphatic rings. The number of aromatic nitrogens is 3. The van der Waals surface area contributed by atoms with Crippen LogP contribution in [0.15, 0.2) is 54.6 Å². The molecule has 3 heterocycles. The summed E-state index contributed by atoms with van der Waals surface area (Å²) in [6.45, 7) is 0. The first kappa shape index (κ1) is 51.1. The quantitative estimate of drug-likeness (QED) is 0.0785. The van der Waals surface area contributed by atoms with E-state index in [9.17, 15) is 49.5 Å². The number of pyridine rings is 3. The van der Waals surface area contributed by atoms with Gasteiger partial charge in [0.15, 0.2) is 63.7 Å². The fraction of sp³-hybridized carbons (Fsp3) is 0.100. The third kappa shape index (κ3) is 11.0. The van der Waals surface area contributed by atoms with Gasteiger partial charge in [-0.1, -0.05) is 58.0 Å². The molecule has 0 bridgehead atoms. The zero-order valence-electron chi connectivity index (χ0n) is 32.2. The standard InChI is InChI=1S/C14H9ClF3NO3.C13H6Cl4FNO2.C13H6ClF4NO2/c1-21-13-7(15)4-3-6(10(13)17)12-11(18)8(16)5-9(19-12)14(20)22-2;1-21-12-6(14)3-2-5(10(12)18)11-9(16)7(15)4-8(19-11)13(17)20;1-21-12-6(14)3-2-5(9(12)16)11-10(17)7(15)4-8(19-11)13(18)20/h3-5H,1-2H3;2*2-4H,1H3. The van der Waals surface area contributed by atoms with E-state index in [-0.39, 0.29) is 59.6 Å². The maximum atomic E-state index is 14.4. The summed E-state index contributed by atoms with van der Waals surface area (Å²) in [7, 11) is 4.62. The van der Waals surface area contributed by atoms with Crippen molar-refractivity contribution in [2.75, 3.05) is 28.4 Å². The van der Waals surface area contributed by atoms with Crippen molar-refractivity contribution in [1.82, 2.24) is 15.0 Å². The van der Waals surface area contributed by atoms with Crippen LogP contribution in [0, 0.1) is 40.7 Å². The highest BCUT2D eigenvalue weighted by molar-refractivity contribution is 6.67. The van der Waals surface area contributed by atoms with Crippen molar-refractivity contribution < 1.29 is 68.5 Å². The average molecular weight is 1020 g/mol. The van der Waals surface area contributed by atoms with Crippen LogP contribution in [0.3, 0.4) is 0 Å². The first-order valence-corrected chi connectivity index (χ1v) is 19.0. The van der Waals surface area contributed by atoms with Gasteiger partial charge in [0, 0.05) is 28.8 Å². The number of rotatable bonds is 9. The Balaban J connectivity index is 0.000000210. The smallest absolute Gasteiger partial charge is 0.356 e. The lowest BCUT2D eigenvalue weighted by Gasteiger charge is -2.11. The molecule has 6 aromatic rings. The zero-order chi connectivity index (χ0) is 47.9. The molecule has 0 aliphatic heterocycles. The molecule has 336 valence electrons. The van der Waals surface area contributed by atoms with Gasteiger partial charge in [0.05, 0.1) is 59.2 Å². The van der Waals surface area contributed by atoms with Gasteiger partial charge in [-0.05, 0) is 54.1 Å². The number of carbonyl (C=O) groups excluding carboxylic acids is 3. The van der Waals surface area contributed by atoms with Gasteiger partial charge >= 0.3 is 12.0 Å². The lowest BCUT2D eigenvalue weighted by Crippen LogP contribution is -2.08. The van der Waals surface area contributed by atoms with Crippen LogP contribution in [0.4, 0.5) is 35.1 Å². The van der Waals surface area contributed by atoms with Crippen molar-refractivity contribution in [2.24, 2.45) is 0 Å². The Morgan fingerprint density at radius 2 is 0.844 bits per heavy atom. The number of carbonyl (C=O) groups is 3. The summed E-state index contributed by atoms with van der Waals surface area (Å²) in [6, 6.07) is 7.27. The molecule has 0 N–H and O–H groups in total. The van der Waals surface area contributed by atoms with Gasteiger partial charge in [-0.25, -0.2) is 50.5 Å². The number of halogens is 14. The van der Waals surface area contributed by atoms with Crippen LogP contribution in [-0.2, 0) is 4.74 Å². The highest BCUT2D eigenvalue weighted by Crippen LogP contribution is 2.40. The van der Waals surface area contributed by atoms with E-state index in [2.05, 4.69) is 19.7 Å². The molecule has 0 saturated heterocycles. The SMILES string of the molecule is COC(=O)c1cc(F)c(F)c(-c2ccc(Cl)c(OC)c2F)n1.COc1c(Cl)ccc(-c2nc(C(=O)Cl)cc(Cl)c2Cl)c1F.COc1c(Cl)ccc(-c2nc(C(=O)F)cc(F)c2F)c1F. The topological polar surface area (TPSA) is 127 Å². The molecule has 3 aromatic carbocycles. The zero-order valence-corrected chi connectivity index (χ0v) is 36.7. The molecule has 64 heavy (non-hydrogen) atoms. The summed E-state index contributed by atoms with van der Waals surface area (Å²) in [5.74, 6) is -10.6. The van der Waals surface area contributed by atoms with Crippen LogP contribution in [0.2, 0.25) is 25.1 Å². The highest BCUT2D eigenvalue weighted by atomic mass is 35.5. The third-order valence-electron chi connectivity index (χ3n) is 8.06. The molecule has 0 unspecified atom stereocenters. The lowest BCUT2D eigenvalue weighted by molar-refractivity contribution is 0.0592. The number of hydrogen-bond acceptors (Lipinski definition) is 10. The average Bonchev–Trinajstić information content (AvgIpc) is 3.25. The number of ether oxygens (including phenoxy) is 4. The predicted molar refractivity (Wildman–Crippen MR) is 220 cm³/mol. The second-order valence-corrected chi connectivity index (χ2v) is 14.2. The maximum Gasteiger partial charge on any atom is 0.356 e. The summed E-state index contributed by atoms with van der Waals surface area (Å²) < 4.78 is 129. The lowest BCUT2D eigenvalue weighted by atomic mass is 10.1. The Hall–Kier alpha value is -5.50. The number of nitrogens with zero attached hydrogens (tertiary/aromatic N) is 3. The second-order valence-electron chi connectivity index (χ2n) is 11.8. The van der Waals surface area contributed by atoms with Gasteiger partial charge in [-0.2, -0.15) is 4.39 Å². The van der Waals surface area contributed by atoms with Crippen molar-refractivity contribution in [3.05, 3.63) is 138 Å². The van der Waals surface area contributed by atoms with Crippen LogP contribution >= 0.6 is 69.6 Å². The van der Waals surface area contributed by atoms with E-state index in [1.165, 1.54) is 44.6 Å². The Bertz CT molecular complexity index is 2700. The van der Waals surface area contributed by atoms with Crippen LogP contribution in [0.1, 0.15) is 31.5 Å². The Labute approximate surface area is 385 Å².